The molecule has 0 N–H and O–H groups in total. The highest BCUT2D eigenvalue weighted by atomic mass is 79.9. The minimum Gasteiger partial charge on any atom is -0.421 e. The van der Waals surface area contributed by atoms with Crippen molar-refractivity contribution in [3.63, 3.8) is 0 Å². The van der Waals surface area contributed by atoms with Crippen LogP contribution in [0.2, 0.25) is 0 Å². The largest absolute Gasteiger partial charge is 0.436 e. The van der Waals surface area contributed by atoms with Gasteiger partial charge in [-0.1, -0.05) is 0 Å². The molecule has 11 heteroatoms. The van der Waals surface area contributed by atoms with Crippen molar-refractivity contribution in [1.29, 1.82) is 0 Å². The van der Waals surface area contributed by atoms with Gasteiger partial charge in [-0.2, -0.15) is 23.4 Å². The molecule has 0 saturated heterocycles. The average molecular weight is 419 g/mol. The zero-order chi connectivity index (χ0) is 18.4. The molecule has 7 nitrogen and oxygen atoms in total. The lowest BCUT2D eigenvalue weighted by atomic mass is 10.3. The predicted octanol–water partition coefficient (Wildman–Crippen LogP) is 3.31. The molecule has 0 unspecified atom stereocenters. The average Bonchev–Trinajstić information content (AvgIpc) is 3.17. The number of hydrogen-bond donors (Lipinski definition) is 0. The Morgan fingerprint density at radius 1 is 1.20 bits per heavy atom. The number of nitrogens with zero attached hydrogens (tertiary/aromatic N) is 6. The Morgan fingerprint density at radius 2 is 1.92 bits per heavy atom. The van der Waals surface area contributed by atoms with Crippen LogP contribution in [0, 0.1) is 13.8 Å². The summed E-state index contributed by atoms with van der Waals surface area (Å²) in [5, 5.41) is 15.7. The van der Waals surface area contributed by atoms with Gasteiger partial charge in [0.1, 0.15) is 0 Å². The van der Waals surface area contributed by atoms with Gasteiger partial charge in [0.15, 0.2) is 5.69 Å². The molecule has 0 amide bonds. The minimum absolute atomic E-state index is 0.0581. The third-order valence-corrected chi connectivity index (χ3v) is 4.60. The van der Waals surface area contributed by atoms with Gasteiger partial charge >= 0.3 is 6.18 Å². The minimum atomic E-state index is -4.51. The Labute approximate surface area is 149 Å². The zero-order valence-electron chi connectivity index (χ0n) is 13.6. The molecule has 3 heterocycles. The first-order chi connectivity index (χ1) is 11.7. The highest BCUT2D eigenvalue weighted by molar-refractivity contribution is 9.10. The lowest BCUT2D eigenvalue weighted by molar-refractivity contribution is -0.142. The van der Waals surface area contributed by atoms with Crippen LogP contribution in [0.3, 0.4) is 0 Å². The molecular weight excluding hydrogens is 405 g/mol. The van der Waals surface area contributed by atoms with E-state index in [0.717, 1.165) is 11.3 Å². The highest BCUT2D eigenvalue weighted by Gasteiger charge is 2.37. The van der Waals surface area contributed by atoms with E-state index in [0.29, 0.717) is 17.5 Å². The molecule has 134 valence electrons. The Hall–Kier alpha value is -2.17. The molecule has 0 saturated carbocycles. The van der Waals surface area contributed by atoms with Crippen LogP contribution in [0.4, 0.5) is 13.2 Å². The monoisotopic (exact) mass is 418 g/mol. The van der Waals surface area contributed by atoms with Crippen LogP contribution in [0.5, 0.6) is 0 Å². The lowest BCUT2D eigenvalue weighted by Gasteiger charge is -2.02. The van der Waals surface area contributed by atoms with E-state index in [9.17, 15) is 13.2 Å². The number of alkyl halides is 3. The molecular formula is C14H14BrF3N6O. The Morgan fingerprint density at radius 3 is 2.48 bits per heavy atom. The molecule has 0 aromatic carbocycles. The van der Waals surface area contributed by atoms with Crippen molar-refractivity contribution >= 4 is 15.9 Å². The molecule has 3 aromatic heterocycles. The van der Waals surface area contributed by atoms with Crippen molar-refractivity contribution in [2.24, 2.45) is 7.05 Å². The van der Waals surface area contributed by atoms with Gasteiger partial charge in [0.2, 0.25) is 5.89 Å². The van der Waals surface area contributed by atoms with E-state index in [1.807, 2.05) is 6.92 Å². The van der Waals surface area contributed by atoms with Gasteiger partial charge < -0.3 is 4.42 Å². The summed E-state index contributed by atoms with van der Waals surface area (Å²) in [5.74, 6) is 0.646. The van der Waals surface area contributed by atoms with Crippen LogP contribution >= 0.6 is 15.9 Å². The summed E-state index contributed by atoms with van der Waals surface area (Å²) in [6.07, 6.45) is -2.49. The number of rotatable bonds is 4. The topological polar surface area (TPSA) is 74.6 Å². The molecule has 3 aromatic rings. The summed E-state index contributed by atoms with van der Waals surface area (Å²) in [6, 6.07) is 0. The van der Waals surface area contributed by atoms with Gasteiger partial charge in [-0.15, -0.1) is 10.2 Å². The number of aryl methyl sites for hydroxylation is 4. The Balaban J connectivity index is 1.76. The van der Waals surface area contributed by atoms with Crippen LogP contribution in [-0.4, -0.2) is 29.8 Å². The summed E-state index contributed by atoms with van der Waals surface area (Å²) < 4.78 is 47.1. The summed E-state index contributed by atoms with van der Waals surface area (Å²) >= 11 is 2.94. The van der Waals surface area contributed by atoms with Crippen molar-refractivity contribution in [2.45, 2.75) is 33.0 Å². The Kier molecular flexibility index (Phi) is 4.43. The first kappa shape index (κ1) is 17.6. The predicted molar refractivity (Wildman–Crippen MR) is 84.6 cm³/mol. The highest BCUT2D eigenvalue weighted by Crippen LogP contribution is 2.35. The molecule has 0 spiro atoms. The van der Waals surface area contributed by atoms with E-state index in [1.54, 1.807) is 24.9 Å². The van der Waals surface area contributed by atoms with Gasteiger partial charge in [0, 0.05) is 26.2 Å². The lowest BCUT2D eigenvalue weighted by Crippen LogP contribution is -2.10. The zero-order valence-corrected chi connectivity index (χ0v) is 15.2. The first-order valence-corrected chi connectivity index (χ1v) is 8.09. The maximum absolute atomic E-state index is 12.9. The number of hydrogen-bond acceptors (Lipinski definition) is 5. The summed E-state index contributed by atoms with van der Waals surface area (Å²) in [5.41, 5.74) is 0.912. The van der Waals surface area contributed by atoms with Crippen molar-refractivity contribution < 1.29 is 17.6 Å². The number of halogens is 4. The summed E-state index contributed by atoms with van der Waals surface area (Å²) in [6.45, 7) is 3.57. The molecule has 0 radical (unpaired) electrons. The Bertz CT molecular complexity index is 910. The third kappa shape index (κ3) is 3.46. The molecule has 0 aliphatic carbocycles. The normalized spacial score (nSPS) is 12.1. The molecule has 0 aliphatic rings. The second-order valence-electron chi connectivity index (χ2n) is 5.52. The standard InChI is InChI=1S/C14H14BrF3N6O/c1-7-9(6-23(3)21-7)13-20-19-10(25-13)4-5-24-8(2)11(15)12(22-24)14(16,17)18/h6H,4-5H2,1-3H3. The van der Waals surface area contributed by atoms with Gasteiger partial charge in [0.05, 0.1) is 21.4 Å². The fraction of sp³-hybridized carbons (Fsp3) is 0.429. The van der Waals surface area contributed by atoms with Crippen molar-refractivity contribution in [2.75, 3.05) is 0 Å². The van der Waals surface area contributed by atoms with Crippen LogP contribution in [0.15, 0.2) is 15.1 Å². The third-order valence-electron chi connectivity index (χ3n) is 3.65. The van der Waals surface area contributed by atoms with Crippen molar-refractivity contribution in [3.05, 3.63) is 33.6 Å². The van der Waals surface area contributed by atoms with Crippen molar-refractivity contribution in [3.8, 4) is 11.5 Å². The maximum atomic E-state index is 12.9. The van der Waals surface area contributed by atoms with Gasteiger partial charge in [-0.25, -0.2) is 0 Å². The fourth-order valence-electron chi connectivity index (χ4n) is 2.40. The fourth-order valence-corrected chi connectivity index (χ4v) is 2.91. The second-order valence-corrected chi connectivity index (χ2v) is 6.31. The SMILES string of the molecule is Cc1nn(C)cc1-c1nnc(CCn2nc(C(F)(F)F)c(Br)c2C)o1. The summed E-state index contributed by atoms with van der Waals surface area (Å²) in [7, 11) is 1.78. The molecule has 3 rings (SSSR count). The molecule has 25 heavy (non-hydrogen) atoms. The second kappa shape index (κ2) is 6.28. The van der Waals surface area contributed by atoms with Crippen LogP contribution in [0.1, 0.15) is 23.0 Å². The van der Waals surface area contributed by atoms with Crippen LogP contribution < -0.4 is 0 Å². The summed E-state index contributed by atoms with van der Waals surface area (Å²) in [4.78, 5) is 0. The van der Waals surface area contributed by atoms with Gasteiger partial charge in [-0.3, -0.25) is 9.36 Å². The van der Waals surface area contributed by atoms with E-state index in [4.69, 9.17) is 4.42 Å². The smallest absolute Gasteiger partial charge is 0.421 e. The molecule has 0 fully saturated rings. The van der Waals surface area contributed by atoms with Gasteiger partial charge in [0.25, 0.3) is 5.89 Å². The number of aromatic nitrogens is 6. The van der Waals surface area contributed by atoms with Crippen LogP contribution in [-0.2, 0) is 26.2 Å². The van der Waals surface area contributed by atoms with Gasteiger partial charge in [-0.05, 0) is 29.8 Å². The van der Waals surface area contributed by atoms with Crippen LogP contribution in [0.25, 0.3) is 11.5 Å². The molecule has 0 bridgehead atoms. The van der Waals surface area contributed by atoms with E-state index >= 15 is 0 Å². The van der Waals surface area contributed by atoms with Crippen molar-refractivity contribution in [1.82, 2.24) is 29.8 Å². The van der Waals surface area contributed by atoms with E-state index < -0.39 is 11.9 Å². The van der Waals surface area contributed by atoms with E-state index in [1.165, 1.54) is 4.68 Å². The van der Waals surface area contributed by atoms with E-state index in [-0.39, 0.29) is 17.4 Å². The first-order valence-electron chi connectivity index (χ1n) is 7.30. The van der Waals surface area contributed by atoms with E-state index in [2.05, 4.69) is 36.3 Å². The quantitative estimate of drug-likeness (QED) is 0.649. The maximum Gasteiger partial charge on any atom is 0.436 e. The molecule has 0 atom stereocenters. The molecule has 0 aliphatic heterocycles.